The second-order valence-corrected chi connectivity index (χ2v) is 5.55. The molecule has 0 aliphatic carbocycles. The van der Waals surface area contributed by atoms with E-state index in [1.165, 1.54) is 10.4 Å². The van der Waals surface area contributed by atoms with Crippen molar-refractivity contribution in [1.82, 2.24) is 4.90 Å². The number of methoxy groups -OCH3 is 1. The van der Waals surface area contributed by atoms with Gasteiger partial charge in [0.15, 0.2) is 5.76 Å². The van der Waals surface area contributed by atoms with Crippen molar-refractivity contribution in [2.75, 3.05) is 13.7 Å². The molecule has 19 heavy (non-hydrogen) atoms. The van der Waals surface area contributed by atoms with Crippen LogP contribution >= 0.6 is 11.3 Å². The van der Waals surface area contributed by atoms with E-state index in [0.29, 0.717) is 24.7 Å². The average Bonchev–Trinajstić information content (AvgIpc) is 3.05. The van der Waals surface area contributed by atoms with Gasteiger partial charge in [0.25, 0.3) is 5.91 Å². The summed E-state index contributed by atoms with van der Waals surface area (Å²) in [5.74, 6) is 1.03. The number of thiophene rings is 1. The fourth-order valence-electron chi connectivity index (χ4n) is 2.29. The molecule has 5 heteroatoms. The molecule has 0 N–H and O–H groups in total. The smallest absolute Gasteiger partial charge is 0.289 e. The van der Waals surface area contributed by atoms with Crippen LogP contribution in [0.3, 0.4) is 0 Å². The van der Waals surface area contributed by atoms with E-state index in [1.807, 2.05) is 4.90 Å². The van der Waals surface area contributed by atoms with E-state index in [-0.39, 0.29) is 5.91 Å². The molecule has 1 aliphatic heterocycles. The van der Waals surface area contributed by atoms with Crippen molar-refractivity contribution in [2.24, 2.45) is 0 Å². The Morgan fingerprint density at radius 2 is 2.37 bits per heavy atom. The zero-order valence-electron chi connectivity index (χ0n) is 10.7. The molecule has 2 aromatic heterocycles. The van der Waals surface area contributed by atoms with Gasteiger partial charge < -0.3 is 14.1 Å². The van der Waals surface area contributed by atoms with Crippen molar-refractivity contribution in [2.45, 2.75) is 19.6 Å². The molecule has 0 aromatic carbocycles. The molecular formula is C14H15NO3S. The van der Waals surface area contributed by atoms with E-state index in [1.54, 1.807) is 30.6 Å². The summed E-state index contributed by atoms with van der Waals surface area (Å²) in [7, 11) is 1.60. The van der Waals surface area contributed by atoms with Crippen molar-refractivity contribution in [3.05, 3.63) is 45.5 Å². The number of carbonyl (C=O) groups excluding carboxylic acids is 1. The van der Waals surface area contributed by atoms with Crippen LogP contribution in [0.1, 0.15) is 26.8 Å². The number of furan rings is 1. The second kappa shape index (κ2) is 5.19. The van der Waals surface area contributed by atoms with Crippen LogP contribution in [-0.2, 0) is 24.3 Å². The van der Waals surface area contributed by atoms with E-state index in [9.17, 15) is 4.79 Å². The Morgan fingerprint density at radius 1 is 1.47 bits per heavy atom. The molecule has 0 saturated carbocycles. The number of fused-ring (bicyclic) bond motifs is 1. The van der Waals surface area contributed by atoms with Gasteiger partial charge in [0.2, 0.25) is 0 Å². The summed E-state index contributed by atoms with van der Waals surface area (Å²) in [6.07, 6.45) is 0.935. The van der Waals surface area contributed by atoms with Gasteiger partial charge in [0.1, 0.15) is 12.4 Å². The maximum atomic E-state index is 12.3. The van der Waals surface area contributed by atoms with Crippen LogP contribution in [0.15, 0.2) is 28.0 Å². The third-order valence-corrected chi connectivity index (χ3v) is 4.28. The minimum absolute atomic E-state index is 0.0424. The first kappa shape index (κ1) is 12.4. The van der Waals surface area contributed by atoms with E-state index in [4.69, 9.17) is 9.15 Å². The number of ether oxygens (including phenoxy) is 1. The average molecular weight is 277 g/mol. The van der Waals surface area contributed by atoms with Gasteiger partial charge in [-0.2, -0.15) is 0 Å². The molecule has 0 spiro atoms. The maximum absolute atomic E-state index is 12.3. The van der Waals surface area contributed by atoms with Crippen LogP contribution in [0.4, 0.5) is 0 Å². The summed E-state index contributed by atoms with van der Waals surface area (Å²) in [6.45, 7) is 1.83. The first-order chi connectivity index (χ1) is 9.28. The van der Waals surface area contributed by atoms with Gasteiger partial charge in [-0.1, -0.05) is 0 Å². The molecule has 2 aromatic rings. The van der Waals surface area contributed by atoms with E-state index < -0.39 is 0 Å². The summed E-state index contributed by atoms with van der Waals surface area (Å²) in [5.41, 5.74) is 1.26. The number of amides is 1. The van der Waals surface area contributed by atoms with Crippen LogP contribution in [-0.4, -0.2) is 24.5 Å². The SMILES string of the molecule is COCc1ccc(C(=O)N2CCc3sccc3C2)o1. The molecule has 4 nitrogen and oxygen atoms in total. The van der Waals surface area contributed by atoms with Crippen molar-refractivity contribution in [3.8, 4) is 0 Å². The van der Waals surface area contributed by atoms with Crippen LogP contribution in [0.25, 0.3) is 0 Å². The molecule has 0 saturated heterocycles. The molecular weight excluding hydrogens is 262 g/mol. The summed E-state index contributed by atoms with van der Waals surface area (Å²) in [5, 5.41) is 2.09. The molecule has 3 rings (SSSR count). The van der Waals surface area contributed by atoms with E-state index in [0.717, 1.165) is 13.0 Å². The van der Waals surface area contributed by atoms with Gasteiger partial charge in [-0.15, -0.1) is 11.3 Å². The molecule has 0 atom stereocenters. The highest BCUT2D eigenvalue weighted by Crippen LogP contribution is 2.25. The van der Waals surface area contributed by atoms with Gasteiger partial charge >= 0.3 is 0 Å². The van der Waals surface area contributed by atoms with Crippen LogP contribution in [0.2, 0.25) is 0 Å². The summed E-state index contributed by atoms with van der Waals surface area (Å²) in [6, 6.07) is 5.61. The quantitative estimate of drug-likeness (QED) is 0.866. The molecule has 100 valence electrons. The predicted octanol–water partition coefficient (Wildman–Crippen LogP) is 2.69. The van der Waals surface area contributed by atoms with E-state index in [2.05, 4.69) is 11.4 Å². The monoisotopic (exact) mass is 277 g/mol. The first-order valence-electron chi connectivity index (χ1n) is 6.20. The summed E-state index contributed by atoms with van der Waals surface area (Å²) < 4.78 is 10.5. The predicted molar refractivity (Wildman–Crippen MR) is 72.2 cm³/mol. The van der Waals surface area contributed by atoms with Gasteiger partial charge in [-0.3, -0.25) is 4.79 Å². The molecule has 0 bridgehead atoms. The van der Waals surface area contributed by atoms with E-state index >= 15 is 0 Å². The lowest BCUT2D eigenvalue weighted by Gasteiger charge is -2.26. The van der Waals surface area contributed by atoms with Crippen molar-refractivity contribution in [1.29, 1.82) is 0 Å². The van der Waals surface area contributed by atoms with Gasteiger partial charge in [0, 0.05) is 25.1 Å². The van der Waals surface area contributed by atoms with Gasteiger partial charge in [-0.25, -0.2) is 0 Å². The zero-order valence-corrected chi connectivity index (χ0v) is 11.5. The lowest BCUT2D eigenvalue weighted by Crippen LogP contribution is -2.35. The van der Waals surface area contributed by atoms with Gasteiger partial charge in [0.05, 0.1) is 0 Å². The number of nitrogens with zero attached hydrogens (tertiary/aromatic N) is 1. The first-order valence-corrected chi connectivity index (χ1v) is 7.08. The Hall–Kier alpha value is -1.59. The summed E-state index contributed by atoms with van der Waals surface area (Å²) in [4.78, 5) is 15.6. The number of hydrogen-bond acceptors (Lipinski definition) is 4. The third-order valence-electron chi connectivity index (χ3n) is 3.25. The van der Waals surface area contributed by atoms with Crippen molar-refractivity contribution in [3.63, 3.8) is 0 Å². The molecule has 1 aliphatic rings. The van der Waals surface area contributed by atoms with Crippen molar-refractivity contribution >= 4 is 17.2 Å². The molecule has 1 amide bonds. The Balaban J connectivity index is 1.74. The lowest BCUT2D eigenvalue weighted by atomic mass is 10.1. The topological polar surface area (TPSA) is 42.7 Å². The Kier molecular flexibility index (Phi) is 3.40. The minimum atomic E-state index is -0.0424. The molecule has 3 heterocycles. The lowest BCUT2D eigenvalue weighted by molar-refractivity contribution is 0.0696. The Morgan fingerprint density at radius 3 is 3.21 bits per heavy atom. The summed E-state index contributed by atoms with van der Waals surface area (Å²) >= 11 is 1.77. The number of rotatable bonds is 3. The fourth-order valence-corrected chi connectivity index (χ4v) is 3.18. The maximum Gasteiger partial charge on any atom is 0.289 e. The Bertz CT molecular complexity index is 587. The highest BCUT2D eigenvalue weighted by molar-refractivity contribution is 7.10. The second-order valence-electron chi connectivity index (χ2n) is 4.54. The number of carbonyl (C=O) groups is 1. The fraction of sp³-hybridized carbons (Fsp3) is 0.357. The minimum Gasteiger partial charge on any atom is -0.453 e. The van der Waals surface area contributed by atoms with Gasteiger partial charge in [-0.05, 0) is 35.6 Å². The Labute approximate surface area is 115 Å². The van der Waals surface area contributed by atoms with Crippen molar-refractivity contribution < 1.29 is 13.9 Å². The zero-order chi connectivity index (χ0) is 13.2. The largest absolute Gasteiger partial charge is 0.453 e. The highest BCUT2D eigenvalue weighted by Gasteiger charge is 2.24. The molecule has 0 fully saturated rings. The standard InChI is InChI=1S/C14H15NO3S/c1-17-9-11-2-3-12(18-11)14(16)15-6-4-13-10(8-15)5-7-19-13/h2-3,5,7H,4,6,8-9H2,1H3. The normalized spacial score (nSPS) is 14.5. The molecule has 0 unspecified atom stereocenters. The highest BCUT2D eigenvalue weighted by atomic mass is 32.1. The molecule has 0 radical (unpaired) electrons. The third kappa shape index (κ3) is 2.43. The van der Waals surface area contributed by atoms with Crippen LogP contribution < -0.4 is 0 Å². The van der Waals surface area contributed by atoms with Crippen LogP contribution in [0, 0.1) is 0 Å². The number of hydrogen-bond donors (Lipinski definition) is 0. The van der Waals surface area contributed by atoms with Crippen LogP contribution in [0.5, 0.6) is 0 Å².